The van der Waals surface area contributed by atoms with Gasteiger partial charge >= 0.3 is 0 Å². The van der Waals surface area contributed by atoms with Crippen LogP contribution < -0.4 is 10.0 Å². The molecule has 1 unspecified atom stereocenters. The Kier molecular flexibility index (Phi) is 8.10. The molecular weight excluding hydrogens is 406 g/mol. The van der Waals surface area contributed by atoms with Crippen LogP contribution in [0.1, 0.15) is 77.6 Å². The number of aromatic nitrogens is 1. The number of hydrogen-bond donors (Lipinski definition) is 2. The molecule has 29 heavy (non-hydrogen) atoms. The van der Waals surface area contributed by atoms with E-state index in [-0.39, 0.29) is 10.1 Å². The van der Waals surface area contributed by atoms with Gasteiger partial charge < -0.3 is 5.32 Å². The molecule has 0 bridgehead atoms. The summed E-state index contributed by atoms with van der Waals surface area (Å²) < 4.78 is 26.1. The van der Waals surface area contributed by atoms with Gasteiger partial charge in [-0.25, -0.2) is 18.1 Å². The van der Waals surface area contributed by atoms with E-state index in [9.17, 15) is 13.2 Å². The first kappa shape index (κ1) is 22.7. The van der Waals surface area contributed by atoms with Gasteiger partial charge in [0.15, 0.2) is 9.34 Å². The van der Waals surface area contributed by atoms with Gasteiger partial charge in [0.2, 0.25) is 5.91 Å². The monoisotopic (exact) mass is 441 g/mol. The fourth-order valence-corrected chi connectivity index (χ4v) is 7.04. The lowest BCUT2D eigenvalue weighted by Gasteiger charge is -2.39. The molecule has 2 saturated carbocycles. The highest BCUT2D eigenvalue weighted by molar-refractivity contribution is 7.91. The Morgan fingerprint density at radius 3 is 2.45 bits per heavy atom. The second-order valence-electron chi connectivity index (χ2n) is 8.86. The topological polar surface area (TPSA) is 88.2 Å². The van der Waals surface area contributed by atoms with E-state index < -0.39 is 10.0 Å². The summed E-state index contributed by atoms with van der Waals surface area (Å²) >= 11 is 0.990. The van der Waals surface area contributed by atoms with E-state index in [1.807, 2.05) is 0 Å². The molecule has 0 spiro atoms. The maximum absolute atomic E-state index is 12.6. The van der Waals surface area contributed by atoms with Crippen LogP contribution in [-0.4, -0.2) is 26.4 Å². The van der Waals surface area contributed by atoms with Crippen molar-refractivity contribution in [2.75, 3.05) is 12.4 Å². The predicted molar refractivity (Wildman–Crippen MR) is 117 cm³/mol. The summed E-state index contributed by atoms with van der Waals surface area (Å²) in [5, 5.41) is 3.15. The Balaban J connectivity index is 1.57. The quantitative estimate of drug-likeness (QED) is 0.607. The van der Waals surface area contributed by atoms with Gasteiger partial charge in [0.05, 0.1) is 6.20 Å². The third-order valence-electron chi connectivity index (χ3n) is 6.89. The molecular formula is C21H35N3O3S2. The van der Waals surface area contributed by atoms with Crippen molar-refractivity contribution in [2.24, 2.45) is 23.7 Å². The molecule has 3 rings (SSSR count). The Hall–Kier alpha value is -0.990. The van der Waals surface area contributed by atoms with Crippen LogP contribution in [0.2, 0.25) is 0 Å². The summed E-state index contributed by atoms with van der Waals surface area (Å²) in [5.74, 6) is 2.95. The summed E-state index contributed by atoms with van der Waals surface area (Å²) in [6.45, 7) is 2.36. The summed E-state index contributed by atoms with van der Waals surface area (Å²) in [7, 11) is -2.15. The van der Waals surface area contributed by atoms with Crippen molar-refractivity contribution in [2.45, 2.75) is 81.8 Å². The smallest absolute Gasteiger partial charge is 0.251 e. The van der Waals surface area contributed by atoms with Crippen LogP contribution >= 0.6 is 11.3 Å². The molecule has 1 atom stereocenters. The highest BCUT2D eigenvalue weighted by Crippen LogP contribution is 2.43. The second-order valence-corrected chi connectivity index (χ2v) is 12.0. The Morgan fingerprint density at radius 2 is 1.79 bits per heavy atom. The van der Waals surface area contributed by atoms with Gasteiger partial charge in [-0.15, -0.1) is 0 Å². The largest absolute Gasteiger partial charge is 0.302 e. The van der Waals surface area contributed by atoms with E-state index in [0.717, 1.165) is 35.5 Å². The number of amides is 1. The molecule has 1 aromatic rings. The van der Waals surface area contributed by atoms with Gasteiger partial charge in [0, 0.05) is 6.42 Å². The summed E-state index contributed by atoms with van der Waals surface area (Å²) in [4.78, 5) is 16.6. The number of carbonyl (C=O) groups is 1. The molecule has 2 N–H and O–H groups in total. The lowest BCUT2D eigenvalue weighted by Crippen LogP contribution is -2.29. The zero-order valence-electron chi connectivity index (χ0n) is 17.7. The van der Waals surface area contributed by atoms with Gasteiger partial charge in [0.25, 0.3) is 10.0 Å². The highest BCUT2D eigenvalue weighted by Gasteiger charge is 2.32. The molecule has 1 heterocycles. The molecule has 8 heteroatoms. The number of sulfonamides is 1. The van der Waals surface area contributed by atoms with Gasteiger partial charge in [0.1, 0.15) is 0 Å². The average molecular weight is 442 g/mol. The van der Waals surface area contributed by atoms with Crippen molar-refractivity contribution in [3.8, 4) is 0 Å². The van der Waals surface area contributed by atoms with E-state index in [0.29, 0.717) is 17.5 Å². The van der Waals surface area contributed by atoms with Gasteiger partial charge in [-0.2, -0.15) is 0 Å². The lowest BCUT2D eigenvalue weighted by atomic mass is 9.67. The Bertz CT molecular complexity index is 764. The molecule has 6 nitrogen and oxygen atoms in total. The van der Waals surface area contributed by atoms with E-state index in [1.54, 1.807) is 0 Å². The number of hydrogen-bond acceptors (Lipinski definition) is 5. The molecule has 1 amide bonds. The normalized spacial score (nSPS) is 24.9. The molecule has 0 aromatic carbocycles. The van der Waals surface area contributed by atoms with E-state index >= 15 is 0 Å². The minimum atomic E-state index is -3.52. The van der Waals surface area contributed by atoms with Crippen molar-refractivity contribution in [3.63, 3.8) is 0 Å². The zero-order chi connectivity index (χ0) is 20.9. The first-order chi connectivity index (χ1) is 13.9. The van der Waals surface area contributed by atoms with Crippen LogP contribution in [0.25, 0.3) is 0 Å². The molecule has 0 aliphatic heterocycles. The summed E-state index contributed by atoms with van der Waals surface area (Å²) in [5.41, 5.74) is 0. The summed E-state index contributed by atoms with van der Waals surface area (Å²) in [6.07, 6.45) is 14.6. The standard InChI is InChI=1S/C21H35N3O3S2/c1-15-8-10-17(11-9-15)18(16-6-4-3-5-7-16)12-13-19(25)24-21-23-14-20(28-21)29(26,27)22-2/h14-18,22H,3-13H2,1-2H3,(H,23,24,25). The van der Waals surface area contributed by atoms with Crippen molar-refractivity contribution in [1.82, 2.24) is 9.71 Å². The molecule has 0 saturated heterocycles. The van der Waals surface area contributed by atoms with E-state index in [1.165, 1.54) is 71.0 Å². The van der Waals surface area contributed by atoms with Gasteiger partial charge in [-0.3, -0.25) is 4.79 Å². The molecule has 2 aliphatic rings. The maximum atomic E-state index is 12.6. The van der Waals surface area contributed by atoms with Crippen LogP contribution in [0.15, 0.2) is 10.4 Å². The van der Waals surface area contributed by atoms with Crippen molar-refractivity contribution < 1.29 is 13.2 Å². The average Bonchev–Trinajstić information content (AvgIpc) is 3.19. The SMILES string of the molecule is CNS(=O)(=O)c1cnc(NC(=O)CCC(C2CCCCC2)C2CCC(C)CC2)s1. The van der Waals surface area contributed by atoms with E-state index in [2.05, 4.69) is 21.9 Å². The van der Waals surface area contributed by atoms with Crippen LogP contribution in [0.5, 0.6) is 0 Å². The third kappa shape index (κ3) is 6.25. The van der Waals surface area contributed by atoms with Crippen molar-refractivity contribution in [1.29, 1.82) is 0 Å². The fourth-order valence-electron chi connectivity index (χ4n) is 5.15. The highest BCUT2D eigenvalue weighted by atomic mass is 32.2. The van der Waals surface area contributed by atoms with Crippen LogP contribution in [0, 0.1) is 23.7 Å². The molecule has 1 aromatic heterocycles. The van der Waals surface area contributed by atoms with Crippen LogP contribution in [-0.2, 0) is 14.8 Å². The predicted octanol–water partition coefficient (Wildman–Crippen LogP) is 4.79. The number of carbonyl (C=O) groups excluding carboxylic acids is 1. The number of rotatable bonds is 8. The molecule has 0 radical (unpaired) electrons. The minimum absolute atomic E-state index is 0.0576. The Morgan fingerprint density at radius 1 is 1.14 bits per heavy atom. The lowest BCUT2D eigenvalue weighted by molar-refractivity contribution is -0.116. The van der Waals surface area contributed by atoms with Crippen LogP contribution in [0.4, 0.5) is 5.13 Å². The van der Waals surface area contributed by atoms with Crippen molar-refractivity contribution >= 4 is 32.4 Å². The number of nitrogens with one attached hydrogen (secondary N) is 2. The second kappa shape index (κ2) is 10.4. The number of anilines is 1. The number of thiazole rings is 1. The van der Waals surface area contributed by atoms with Gasteiger partial charge in [-0.1, -0.05) is 63.2 Å². The number of nitrogens with zero attached hydrogens (tertiary/aromatic N) is 1. The zero-order valence-corrected chi connectivity index (χ0v) is 19.3. The third-order valence-corrected chi connectivity index (χ3v) is 9.68. The summed E-state index contributed by atoms with van der Waals surface area (Å²) in [6, 6.07) is 0. The first-order valence-electron chi connectivity index (χ1n) is 11.1. The van der Waals surface area contributed by atoms with Crippen LogP contribution in [0.3, 0.4) is 0 Å². The fraction of sp³-hybridized carbons (Fsp3) is 0.810. The van der Waals surface area contributed by atoms with E-state index in [4.69, 9.17) is 0 Å². The first-order valence-corrected chi connectivity index (χ1v) is 13.4. The van der Waals surface area contributed by atoms with Gasteiger partial charge in [-0.05, 0) is 50.0 Å². The maximum Gasteiger partial charge on any atom is 0.251 e. The minimum Gasteiger partial charge on any atom is -0.302 e. The molecule has 2 fully saturated rings. The molecule has 2 aliphatic carbocycles. The molecule has 164 valence electrons. The Labute approximate surface area is 179 Å². The van der Waals surface area contributed by atoms with Crippen molar-refractivity contribution in [3.05, 3.63) is 6.20 Å².